The molecule has 0 atom stereocenters. The van der Waals surface area contributed by atoms with Crippen molar-refractivity contribution in [3.8, 4) is 5.75 Å². The van der Waals surface area contributed by atoms with Crippen molar-refractivity contribution in [1.82, 2.24) is 9.66 Å². The molecule has 3 aromatic carbocycles. The van der Waals surface area contributed by atoms with Gasteiger partial charge in [0.05, 0.1) is 27.7 Å². The number of carbonyl (C=O) groups is 1. The number of fused-ring (bicyclic) bond motifs is 1. The number of benzene rings is 3. The van der Waals surface area contributed by atoms with Crippen molar-refractivity contribution in [3.05, 3.63) is 103 Å². The summed E-state index contributed by atoms with van der Waals surface area (Å²) in [6, 6.07) is 14.5. The predicted molar refractivity (Wildman–Crippen MR) is 140 cm³/mol. The molecule has 0 saturated carbocycles. The molecule has 1 N–H and O–H groups in total. The molecular formula is C25H19BrFN5O5. The van der Waals surface area contributed by atoms with Gasteiger partial charge in [0.2, 0.25) is 0 Å². The molecule has 0 fully saturated rings. The van der Waals surface area contributed by atoms with Crippen molar-refractivity contribution in [2.24, 2.45) is 5.10 Å². The van der Waals surface area contributed by atoms with E-state index in [-0.39, 0.29) is 22.7 Å². The first-order valence-electron chi connectivity index (χ1n) is 11.0. The number of non-ortho nitro benzene ring substituents is 1. The lowest BCUT2D eigenvalue weighted by Crippen LogP contribution is -2.22. The van der Waals surface area contributed by atoms with Crippen LogP contribution in [0.25, 0.3) is 10.9 Å². The Labute approximate surface area is 217 Å². The van der Waals surface area contributed by atoms with E-state index in [1.165, 1.54) is 42.6 Å². The van der Waals surface area contributed by atoms with Gasteiger partial charge in [0, 0.05) is 28.6 Å². The number of nitrogens with zero attached hydrogens (tertiary/aromatic N) is 4. The van der Waals surface area contributed by atoms with E-state index in [2.05, 4.69) is 31.3 Å². The zero-order valence-corrected chi connectivity index (χ0v) is 20.9. The van der Waals surface area contributed by atoms with Crippen LogP contribution in [0, 0.1) is 15.9 Å². The van der Waals surface area contributed by atoms with Gasteiger partial charge in [-0.25, -0.2) is 9.37 Å². The number of ether oxygens (including phenoxy) is 1. The van der Waals surface area contributed by atoms with E-state index in [0.717, 1.165) is 4.68 Å². The molecule has 0 aliphatic carbocycles. The summed E-state index contributed by atoms with van der Waals surface area (Å²) < 4.78 is 21.2. The van der Waals surface area contributed by atoms with Crippen LogP contribution in [0.3, 0.4) is 0 Å². The SMILES string of the molecule is CCc1nc2ccc(Br)cc2c(=O)n1N=Cc1cc([N+](=O)[O-])ccc1OCC(=O)Nc1ccccc1F. The largest absolute Gasteiger partial charge is 0.483 e. The Balaban J connectivity index is 1.65. The number of rotatable bonds is 8. The fourth-order valence-electron chi connectivity index (χ4n) is 3.44. The van der Waals surface area contributed by atoms with E-state index in [1.807, 2.05) is 6.92 Å². The molecule has 0 saturated heterocycles. The zero-order valence-electron chi connectivity index (χ0n) is 19.4. The van der Waals surface area contributed by atoms with Crippen LogP contribution in [-0.4, -0.2) is 33.3 Å². The number of amides is 1. The second kappa shape index (κ2) is 11.1. The van der Waals surface area contributed by atoms with Crippen LogP contribution in [-0.2, 0) is 11.2 Å². The number of nitro groups is 1. The highest BCUT2D eigenvalue weighted by Crippen LogP contribution is 2.23. The Morgan fingerprint density at radius 3 is 2.76 bits per heavy atom. The van der Waals surface area contributed by atoms with Crippen LogP contribution in [0.15, 0.2) is 75.0 Å². The number of para-hydroxylation sites is 1. The maximum absolute atomic E-state index is 13.8. The van der Waals surface area contributed by atoms with E-state index < -0.39 is 28.8 Å². The molecule has 0 aliphatic heterocycles. The summed E-state index contributed by atoms with van der Waals surface area (Å²) in [7, 11) is 0. The van der Waals surface area contributed by atoms with E-state index in [0.29, 0.717) is 27.6 Å². The zero-order chi connectivity index (χ0) is 26.5. The Morgan fingerprint density at radius 2 is 2.03 bits per heavy atom. The van der Waals surface area contributed by atoms with Crippen molar-refractivity contribution in [2.75, 3.05) is 11.9 Å². The average Bonchev–Trinajstić information content (AvgIpc) is 2.88. The summed E-state index contributed by atoms with van der Waals surface area (Å²) >= 11 is 3.34. The molecule has 4 rings (SSSR count). The first-order chi connectivity index (χ1) is 17.8. The summed E-state index contributed by atoms with van der Waals surface area (Å²) in [6.07, 6.45) is 1.62. The Kier molecular flexibility index (Phi) is 7.68. The van der Waals surface area contributed by atoms with Crippen LogP contribution in [0.4, 0.5) is 15.8 Å². The summed E-state index contributed by atoms with van der Waals surface area (Å²) in [5, 5.41) is 18.3. The Bertz CT molecular complexity index is 1600. The number of carbonyl (C=O) groups excluding carboxylic acids is 1. The predicted octanol–water partition coefficient (Wildman–Crippen LogP) is 4.67. The third kappa shape index (κ3) is 5.86. The molecule has 0 aliphatic rings. The van der Waals surface area contributed by atoms with Gasteiger partial charge in [-0.2, -0.15) is 9.78 Å². The van der Waals surface area contributed by atoms with Crippen molar-refractivity contribution in [1.29, 1.82) is 0 Å². The van der Waals surface area contributed by atoms with Crippen LogP contribution < -0.4 is 15.6 Å². The number of aromatic nitrogens is 2. The number of nitro benzene ring substituents is 1. The van der Waals surface area contributed by atoms with Gasteiger partial charge in [-0.15, -0.1) is 0 Å². The molecule has 1 amide bonds. The molecular weight excluding hydrogens is 549 g/mol. The second-order valence-electron chi connectivity index (χ2n) is 7.70. The molecule has 1 aromatic heterocycles. The van der Waals surface area contributed by atoms with E-state index >= 15 is 0 Å². The fraction of sp³-hybridized carbons (Fsp3) is 0.120. The number of hydrogen-bond donors (Lipinski definition) is 1. The number of halogens is 2. The monoisotopic (exact) mass is 567 g/mol. The van der Waals surface area contributed by atoms with Crippen molar-refractivity contribution in [2.45, 2.75) is 13.3 Å². The normalized spacial score (nSPS) is 11.1. The van der Waals surface area contributed by atoms with Gasteiger partial charge in [0.25, 0.3) is 17.2 Å². The third-order valence-corrected chi connectivity index (χ3v) is 5.71. The quantitative estimate of drug-likeness (QED) is 0.187. The number of aryl methyl sites for hydroxylation is 1. The first kappa shape index (κ1) is 25.6. The molecule has 12 heteroatoms. The summed E-state index contributed by atoms with van der Waals surface area (Å²) in [6.45, 7) is 1.31. The minimum Gasteiger partial charge on any atom is -0.483 e. The Morgan fingerprint density at radius 1 is 1.24 bits per heavy atom. The van der Waals surface area contributed by atoms with Gasteiger partial charge >= 0.3 is 0 Å². The molecule has 0 radical (unpaired) electrons. The first-order valence-corrected chi connectivity index (χ1v) is 11.8. The lowest BCUT2D eigenvalue weighted by atomic mass is 10.2. The molecule has 0 spiro atoms. The number of nitrogens with one attached hydrogen (secondary N) is 1. The van der Waals surface area contributed by atoms with Crippen molar-refractivity contribution < 1.29 is 18.8 Å². The Hall–Kier alpha value is -4.45. The highest BCUT2D eigenvalue weighted by molar-refractivity contribution is 9.10. The minimum absolute atomic E-state index is 0.0107. The second-order valence-corrected chi connectivity index (χ2v) is 8.62. The van der Waals surface area contributed by atoms with Crippen molar-refractivity contribution in [3.63, 3.8) is 0 Å². The van der Waals surface area contributed by atoms with Crippen LogP contribution >= 0.6 is 15.9 Å². The van der Waals surface area contributed by atoms with E-state index in [1.54, 1.807) is 24.3 Å². The summed E-state index contributed by atoms with van der Waals surface area (Å²) in [4.78, 5) is 40.6. The minimum atomic E-state index is -0.639. The molecule has 0 unspecified atom stereocenters. The van der Waals surface area contributed by atoms with Gasteiger partial charge in [-0.05, 0) is 36.4 Å². The maximum Gasteiger partial charge on any atom is 0.282 e. The lowest BCUT2D eigenvalue weighted by molar-refractivity contribution is -0.384. The third-order valence-electron chi connectivity index (χ3n) is 5.21. The number of anilines is 1. The van der Waals surface area contributed by atoms with Gasteiger partial charge in [0.15, 0.2) is 6.61 Å². The molecule has 0 bridgehead atoms. The smallest absolute Gasteiger partial charge is 0.282 e. The molecule has 1 heterocycles. The van der Waals surface area contributed by atoms with Gasteiger partial charge in [-0.1, -0.05) is 35.0 Å². The van der Waals surface area contributed by atoms with Crippen LogP contribution in [0.2, 0.25) is 0 Å². The molecule has 188 valence electrons. The number of hydrogen-bond acceptors (Lipinski definition) is 7. The maximum atomic E-state index is 13.8. The molecule has 10 nitrogen and oxygen atoms in total. The van der Waals surface area contributed by atoms with Gasteiger partial charge in [-0.3, -0.25) is 19.7 Å². The molecule has 4 aromatic rings. The topological polar surface area (TPSA) is 129 Å². The van der Waals surface area contributed by atoms with Crippen LogP contribution in [0.1, 0.15) is 18.3 Å². The lowest BCUT2D eigenvalue weighted by Gasteiger charge is -2.11. The van der Waals surface area contributed by atoms with Crippen LogP contribution in [0.5, 0.6) is 5.75 Å². The molecule has 37 heavy (non-hydrogen) atoms. The highest BCUT2D eigenvalue weighted by Gasteiger charge is 2.14. The highest BCUT2D eigenvalue weighted by atomic mass is 79.9. The van der Waals surface area contributed by atoms with Gasteiger partial charge in [0.1, 0.15) is 17.4 Å². The summed E-state index contributed by atoms with van der Waals surface area (Å²) in [5.74, 6) is -0.763. The van der Waals surface area contributed by atoms with Gasteiger partial charge < -0.3 is 10.1 Å². The summed E-state index contributed by atoms with van der Waals surface area (Å²) in [5.41, 5.74) is -0.0128. The standard InChI is InChI=1S/C25H19BrFN5O5/c1-2-23-29-20-9-7-16(26)12-18(20)25(34)31(23)28-13-15-11-17(32(35)36)8-10-22(15)37-14-24(33)30-21-6-4-3-5-19(21)27/h3-13H,2,14H2,1H3,(H,30,33). The van der Waals surface area contributed by atoms with E-state index in [9.17, 15) is 24.1 Å². The van der Waals surface area contributed by atoms with E-state index in [4.69, 9.17) is 4.74 Å². The fourth-order valence-corrected chi connectivity index (χ4v) is 3.80. The van der Waals surface area contributed by atoms with Crippen molar-refractivity contribution >= 4 is 50.3 Å². The average molecular weight is 568 g/mol.